The predicted octanol–water partition coefficient (Wildman–Crippen LogP) is 2.97. The van der Waals surface area contributed by atoms with E-state index >= 15 is 0 Å². The second kappa shape index (κ2) is 9.82. The van der Waals surface area contributed by atoms with E-state index in [-0.39, 0.29) is 5.91 Å². The monoisotopic (exact) mass is 356 g/mol. The number of carbonyl (C=O) groups excluding carboxylic acids is 1. The molecule has 0 atom stereocenters. The Morgan fingerprint density at radius 2 is 1.65 bits per heavy atom. The van der Waals surface area contributed by atoms with Crippen LogP contribution in [0.1, 0.15) is 11.1 Å². The fraction of sp³-hybridized carbons (Fsp3) is 0.381. The minimum atomic E-state index is 0.0908. The van der Waals surface area contributed by atoms with Crippen LogP contribution in [0.2, 0.25) is 0 Å². The van der Waals surface area contributed by atoms with Gasteiger partial charge in [-0.15, -0.1) is 0 Å². The Morgan fingerprint density at radius 3 is 2.35 bits per heavy atom. The smallest absolute Gasteiger partial charge is 0.236 e. The van der Waals surface area contributed by atoms with Crippen LogP contribution in [0.15, 0.2) is 48.5 Å². The summed E-state index contributed by atoms with van der Waals surface area (Å²) in [6, 6.07) is 15.7. The molecule has 0 fully saturated rings. The van der Waals surface area contributed by atoms with Gasteiger partial charge in [0.25, 0.3) is 0 Å². The molecule has 1 amide bonds. The summed E-state index contributed by atoms with van der Waals surface area (Å²) in [4.78, 5) is 16.2. The average Bonchev–Trinajstić information content (AvgIpc) is 2.64. The summed E-state index contributed by atoms with van der Waals surface area (Å²) in [5.74, 6) is 1.52. The molecular weight excluding hydrogens is 328 g/mol. The van der Waals surface area contributed by atoms with Crippen LogP contribution in [0.5, 0.6) is 11.5 Å². The number of aryl methyl sites for hydroxylation is 1. The van der Waals surface area contributed by atoms with Crippen molar-refractivity contribution < 1.29 is 14.3 Å². The third-order valence-electron chi connectivity index (χ3n) is 4.30. The van der Waals surface area contributed by atoms with Crippen molar-refractivity contribution in [1.82, 2.24) is 9.80 Å². The van der Waals surface area contributed by atoms with Gasteiger partial charge in [0.15, 0.2) is 11.5 Å². The molecule has 26 heavy (non-hydrogen) atoms. The minimum absolute atomic E-state index is 0.0908. The van der Waals surface area contributed by atoms with Gasteiger partial charge in [0.1, 0.15) is 6.61 Å². The van der Waals surface area contributed by atoms with Crippen LogP contribution in [0, 0.1) is 6.92 Å². The van der Waals surface area contributed by atoms with E-state index in [1.165, 1.54) is 11.1 Å². The molecule has 0 aliphatic rings. The lowest BCUT2D eigenvalue weighted by atomic mass is 10.1. The van der Waals surface area contributed by atoms with Gasteiger partial charge in [0.05, 0.1) is 13.7 Å². The number of hydrogen-bond acceptors (Lipinski definition) is 4. The molecule has 2 rings (SSSR count). The van der Waals surface area contributed by atoms with E-state index in [0.29, 0.717) is 37.7 Å². The number of rotatable bonds is 9. The Kier molecular flexibility index (Phi) is 7.48. The van der Waals surface area contributed by atoms with Crippen LogP contribution in [-0.2, 0) is 11.3 Å². The van der Waals surface area contributed by atoms with Gasteiger partial charge in [-0.1, -0.05) is 36.4 Å². The highest BCUT2D eigenvalue weighted by Crippen LogP contribution is 2.25. The Morgan fingerprint density at radius 1 is 1.00 bits per heavy atom. The zero-order valence-electron chi connectivity index (χ0n) is 16.1. The van der Waals surface area contributed by atoms with Crippen molar-refractivity contribution in [2.24, 2.45) is 0 Å². The number of para-hydroxylation sites is 2. The van der Waals surface area contributed by atoms with Gasteiger partial charge in [-0.3, -0.25) is 9.69 Å². The van der Waals surface area contributed by atoms with Crippen molar-refractivity contribution in [3.8, 4) is 11.5 Å². The second-order valence-electron chi connectivity index (χ2n) is 6.41. The molecule has 0 saturated heterocycles. The lowest BCUT2D eigenvalue weighted by Gasteiger charge is -2.22. The summed E-state index contributed by atoms with van der Waals surface area (Å²) >= 11 is 0. The summed E-state index contributed by atoms with van der Waals surface area (Å²) in [5, 5.41) is 0. The molecule has 0 saturated carbocycles. The van der Waals surface area contributed by atoms with Gasteiger partial charge in [0.2, 0.25) is 5.91 Å². The first-order chi connectivity index (χ1) is 12.5. The van der Waals surface area contributed by atoms with Crippen LogP contribution in [0.3, 0.4) is 0 Å². The number of hydrogen-bond donors (Lipinski definition) is 0. The molecule has 0 spiro atoms. The van der Waals surface area contributed by atoms with Gasteiger partial charge < -0.3 is 14.4 Å². The number of methoxy groups -OCH3 is 1. The van der Waals surface area contributed by atoms with Crippen molar-refractivity contribution >= 4 is 5.91 Å². The third-order valence-corrected chi connectivity index (χ3v) is 4.30. The van der Waals surface area contributed by atoms with Gasteiger partial charge >= 0.3 is 0 Å². The molecule has 5 nitrogen and oxygen atoms in total. The highest BCUT2D eigenvalue weighted by atomic mass is 16.5. The molecule has 0 radical (unpaired) electrons. The first-order valence-corrected chi connectivity index (χ1v) is 8.74. The molecule has 5 heteroatoms. The summed E-state index contributed by atoms with van der Waals surface area (Å²) in [6.45, 7) is 4.19. The molecule has 0 aliphatic heterocycles. The highest BCUT2D eigenvalue weighted by Gasteiger charge is 2.13. The zero-order valence-corrected chi connectivity index (χ0v) is 16.1. The van der Waals surface area contributed by atoms with Gasteiger partial charge in [0, 0.05) is 20.1 Å². The van der Waals surface area contributed by atoms with Crippen LogP contribution < -0.4 is 9.47 Å². The topological polar surface area (TPSA) is 42.0 Å². The molecule has 0 bridgehead atoms. The van der Waals surface area contributed by atoms with E-state index in [9.17, 15) is 4.79 Å². The largest absolute Gasteiger partial charge is 0.493 e. The third kappa shape index (κ3) is 5.77. The second-order valence-corrected chi connectivity index (χ2v) is 6.41. The average molecular weight is 356 g/mol. The fourth-order valence-corrected chi connectivity index (χ4v) is 2.61. The lowest BCUT2D eigenvalue weighted by Crippen LogP contribution is -2.37. The van der Waals surface area contributed by atoms with Crippen LogP contribution >= 0.6 is 0 Å². The van der Waals surface area contributed by atoms with Crippen molar-refractivity contribution in [1.29, 1.82) is 0 Å². The minimum Gasteiger partial charge on any atom is -0.493 e. The maximum atomic E-state index is 12.4. The molecule has 2 aromatic rings. The molecule has 0 aromatic heterocycles. The molecule has 140 valence electrons. The van der Waals surface area contributed by atoms with E-state index in [0.717, 1.165) is 0 Å². The Balaban J connectivity index is 1.77. The van der Waals surface area contributed by atoms with Gasteiger partial charge in [-0.25, -0.2) is 0 Å². The van der Waals surface area contributed by atoms with Gasteiger partial charge in [-0.2, -0.15) is 0 Å². The molecule has 0 aliphatic carbocycles. The first kappa shape index (κ1) is 19.8. The van der Waals surface area contributed by atoms with E-state index in [4.69, 9.17) is 9.47 Å². The maximum absolute atomic E-state index is 12.4. The van der Waals surface area contributed by atoms with Crippen molar-refractivity contribution in [3.63, 3.8) is 0 Å². The number of carbonyl (C=O) groups is 1. The molecule has 0 unspecified atom stereocenters. The predicted molar refractivity (Wildman–Crippen MR) is 104 cm³/mol. The van der Waals surface area contributed by atoms with Crippen LogP contribution in [-0.4, -0.2) is 56.6 Å². The fourth-order valence-electron chi connectivity index (χ4n) is 2.61. The first-order valence-electron chi connectivity index (χ1n) is 8.74. The maximum Gasteiger partial charge on any atom is 0.236 e. The number of likely N-dealkylation sites (N-methyl/N-ethyl adjacent to an activating group) is 2. The van der Waals surface area contributed by atoms with Gasteiger partial charge in [-0.05, 0) is 37.2 Å². The number of ether oxygens (including phenoxy) is 2. The molecule has 0 N–H and O–H groups in total. The number of benzene rings is 2. The summed E-state index contributed by atoms with van der Waals surface area (Å²) in [5.41, 5.74) is 2.37. The standard InChI is InChI=1S/C21H28N2O3/c1-17-9-5-6-10-18(17)15-23(3)21(24)16-22(2)13-14-26-20-12-8-7-11-19(20)25-4/h5-12H,13-16H2,1-4H3. The Labute approximate surface area is 156 Å². The van der Waals surface area contributed by atoms with Crippen molar-refractivity contribution in [2.75, 3.05) is 40.9 Å². The number of amides is 1. The summed E-state index contributed by atoms with van der Waals surface area (Å²) < 4.78 is 11.0. The highest BCUT2D eigenvalue weighted by molar-refractivity contribution is 5.78. The van der Waals surface area contributed by atoms with Crippen molar-refractivity contribution in [2.45, 2.75) is 13.5 Å². The molecular formula is C21H28N2O3. The van der Waals surface area contributed by atoms with Crippen molar-refractivity contribution in [3.05, 3.63) is 59.7 Å². The zero-order chi connectivity index (χ0) is 18.9. The van der Waals surface area contributed by atoms with E-state index in [1.807, 2.05) is 55.4 Å². The van der Waals surface area contributed by atoms with E-state index in [2.05, 4.69) is 19.1 Å². The summed E-state index contributed by atoms with van der Waals surface area (Å²) in [7, 11) is 5.39. The van der Waals surface area contributed by atoms with Crippen LogP contribution in [0.25, 0.3) is 0 Å². The quantitative estimate of drug-likeness (QED) is 0.693. The Bertz CT molecular complexity index is 718. The SMILES string of the molecule is COc1ccccc1OCCN(C)CC(=O)N(C)Cc1ccccc1C. The van der Waals surface area contributed by atoms with Crippen LogP contribution in [0.4, 0.5) is 0 Å². The normalized spacial score (nSPS) is 10.7. The Hall–Kier alpha value is -2.53. The lowest BCUT2D eigenvalue weighted by molar-refractivity contribution is -0.131. The molecule has 0 heterocycles. The van der Waals surface area contributed by atoms with E-state index in [1.54, 1.807) is 12.0 Å². The molecule has 2 aromatic carbocycles. The van der Waals surface area contributed by atoms with E-state index < -0.39 is 0 Å². The summed E-state index contributed by atoms with van der Waals surface area (Å²) in [6.07, 6.45) is 0. The number of nitrogens with zero attached hydrogens (tertiary/aromatic N) is 2.